The molecule has 1 aliphatic rings. The molecule has 0 fully saturated rings. The molecule has 1 unspecified atom stereocenters. The lowest BCUT2D eigenvalue weighted by Gasteiger charge is -2.12. The summed E-state index contributed by atoms with van der Waals surface area (Å²) >= 11 is 5.86. The van der Waals surface area contributed by atoms with E-state index in [1.807, 2.05) is 12.1 Å². The molecule has 0 spiro atoms. The SMILES string of the molecule is [CH2]C1Cc2cc(OC)cc(-c3ccc(F)c(Cl)c3)c2O1. The van der Waals surface area contributed by atoms with Crippen molar-refractivity contribution in [3.8, 4) is 22.6 Å². The summed E-state index contributed by atoms with van der Waals surface area (Å²) in [7, 11) is 1.61. The van der Waals surface area contributed by atoms with Crippen LogP contribution in [0.25, 0.3) is 11.1 Å². The lowest BCUT2D eigenvalue weighted by molar-refractivity contribution is 0.282. The molecule has 2 aromatic rings. The highest BCUT2D eigenvalue weighted by Crippen LogP contribution is 2.42. The van der Waals surface area contributed by atoms with Crippen molar-refractivity contribution in [2.45, 2.75) is 12.5 Å². The van der Waals surface area contributed by atoms with Crippen LogP contribution in [0.4, 0.5) is 4.39 Å². The number of halogens is 2. The second-order valence-corrected chi connectivity index (χ2v) is 5.14. The molecular formula is C16H13ClFO2. The fourth-order valence-corrected chi connectivity index (χ4v) is 2.58. The van der Waals surface area contributed by atoms with E-state index >= 15 is 0 Å². The summed E-state index contributed by atoms with van der Waals surface area (Å²) in [6, 6.07) is 8.41. The van der Waals surface area contributed by atoms with E-state index in [0.29, 0.717) is 0 Å². The van der Waals surface area contributed by atoms with E-state index in [2.05, 4.69) is 6.92 Å². The van der Waals surface area contributed by atoms with Gasteiger partial charge in [0, 0.05) is 17.5 Å². The zero-order valence-corrected chi connectivity index (χ0v) is 11.7. The summed E-state index contributed by atoms with van der Waals surface area (Å²) in [4.78, 5) is 0. The summed E-state index contributed by atoms with van der Waals surface area (Å²) in [6.07, 6.45) is 0.612. The first-order valence-corrected chi connectivity index (χ1v) is 6.62. The Labute approximate surface area is 122 Å². The third kappa shape index (κ3) is 2.22. The maximum atomic E-state index is 13.3. The van der Waals surface area contributed by atoms with Gasteiger partial charge in [-0.05, 0) is 36.8 Å². The Kier molecular flexibility index (Phi) is 3.30. The average Bonchev–Trinajstić information content (AvgIpc) is 2.80. The van der Waals surface area contributed by atoms with Gasteiger partial charge in [0.2, 0.25) is 0 Å². The highest BCUT2D eigenvalue weighted by atomic mass is 35.5. The van der Waals surface area contributed by atoms with Crippen molar-refractivity contribution < 1.29 is 13.9 Å². The van der Waals surface area contributed by atoms with Crippen LogP contribution >= 0.6 is 11.6 Å². The molecule has 1 aliphatic heterocycles. The first-order chi connectivity index (χ1) is 9.58. The molecule has 0 N–H and O–H groups in total. The third-order valence-corrected chi connectivity index (χ3v) is 3.63. The predicted octanol–water partition coefficient (Wildman–Crippen LogP) is 4.29. The molecule has 1 atom stereocenters. The first-order valence-electron chi connectivity index (χ1n) is 6.24. The predicted molar refractivity (Wildman–Crippen MR) is 76.9 cm³/mol. The van der Waals surface area contributed by atoms with Crippen LogP contribution in [0.5, 0.6) is 11.5 Å². The minimum absolute atomic E-state index is 0.0863. The molecule has 4 heteroatoms. The second-order valence-electron chi connectivity index (χ2n) is 4.74. The molecule has 0 bridgehead atoms. The van der Waals surface area contributed by atoms with Crippen molar-refractivity contribution in [3.05, 3.63) is 53.7 Å². The van der Waals surface area contributed by atoms with Gasteiger partial charge < -0.3 is 9.47 Å². The fourth-order valence-electron chi connectivity index (χ4n) is 2.40. The molecule has 0 saturated carbocycles. The second kappa shape index (κ2) is 4.98. The number of hydrogen-bond acceptors (Lipinski definition) is 2. The van der Waals surface area contributed by atoms with Crippen LogP contribution in [0.15, 0.2) is 30.3 Å². The molecule has 1 radical (unpaired) electrons. The topological polar surface area (TPSA) is 18.5 Å². The molecule has 20 heavy (non-hydrogen) atoms. The lowest BCUT2D eigenvalue weighted by Crippen LogP contribution is -2.06. The monoisotopic (exact) mass is 291 g/mol. The quantitative estimate of drug-likeness (QED) is 0.821. The van der Waals surface area contributed by atoms with E-state index in [9.17, 15) is 4.39 Å². The minimum Gasteiger partial charge on any atom is -0.497 e. The van der Waals surface area contributed by atoms with E-state index in [1.165, 1.54) is 6.07 Å². The van der Waals surface area contributed by atoms with Gasteiger partial charge in [0.15, 0.2) is 0 Å². The maximum absolute atomic E-state index is 13.3. The zero-order valence-electron chi connectivity index (χ0n) is 11.0. The molecule has 3 rings (SSSR count). The standard InChI is InChI=1S/C16H13ClFO2/c1-9-5-11-6-12(19-2)8-13(16(11)20-9)10-3-4-15(18)14(17)7-10/h3-4,6-9H,1,5H2,2H3. The number of hydrogen-bond donors (Lipinski definition) is 0. The highest BCUT2D eigenvalue weighted by Gasteiger charge is 2.24. The van der Waals surface area contributed by atoms with Gasteiger partial charge >= 0.3 is 0 Å². The third-order valence-electron chi connectivity index (χ3n) is 3.34. The van der Waals surface area contributed by atoms with Crippen LogP contribution in [0.1, 0.15) is 5.56 Å². The number of methoxy groups -OCH3 is 1. The Balaban J connectivity index is 2.17. The van der Waals surface area contributed by atoms with Gasteiger partial charge in [-0.25, -0.2) is 4.39 Å². The molecule has 103 valence electrons. The van der Waals surface area contributed by atoms with E-state index in [4.69, 9.17) is 21.1 Å². The van der Waals surface area contributed by atoms with Crippen LogP contribution in [0.3, 0.4) is 0 Å². The Bertz CT molecular complexity index is 670. The van der Waals surface area contributed by atoms with Crippen molar-refractivity contribution in [1.82, 2.24) is 0 Å². The van der Waals surface area contributed by atoms with E-state index in [-0.39, 0.29) is 11.1 Å². The van der Waals surface area contributed by atoms with Gasteiger partial charge in [-0.15, -0.1) is 0 Å². The van der Waals surface area contributed by atoms with Crippen molar-refractivity contribution in [2.24, 2.45) is 0 Å². The molecule has 2 nitrogen and oxygen atoms in total. The molecular weight excluding hydrogens is 279 g/mol. The van der Waals surface area contributed by atoms with E-state index in [1.54, 1.807) is 19.2 Å². The van der Waals surface area contributed by atoms with Crippen molar-refractivity contribution in [3.63, 3.8) is 0 Å². The highest BCUT2D eigenvalue weighted by molar-refractivity contribution is 6.31. The smallest absolute Gasteiger partial charge is 0.141 e. The number of benzene rings is 2. The molecule has 0 aromatic heterocycles. The molecule has 0 aliphatic carbocycles. The average molecular weight is 292 g/mol. The lowest BCUT2D eigenvalue weighted by atomic mass is 10.00. The molecule has 0 amide bonds. The van der Waals surface area contributed by atoms with Gasteiger partial charge in [0.1, 0.15) is 23.4 Å². The summed E-state index contributed by atoms with van der Waals surface area (Å²) in [5.74, 6) is 1.07. The van der Waals surface area contributed by atoms with Crippen LogP contribution in [-0.2, 0) is 6.42 Å². The number of ether oxygens (including phenoxy) is 2. The zero-order chi connectivity index (χ0) is 14.3. The molecule has 1 heterocycles. The number of fused-ring (bicyclic) bond motifs is 1. The van der Waals surface area contributed by atoms with Gasteiger partial charge in [-0.3, -0.25) is 0 Å². The minimum atomic E-state index is -0.439. The van der Waals surface area contributed by atoms with Crippen molar-refractivity contribution >= 4 is 11.6 Å². The summed E-state index contributed by atoms with van der Waals surface area (Å²) in [6.45, 7) is 3.93. The summed E-state index contributed by atoms with van der Waals surface area (Å²) < 4.78 is 24.4. The van der Waals surface area contributed by atoms with E-state index in [0.717, 1.165) is 34.6 Å². The Morgan fingerprint density at radius 3 is 2.85 bits per heavy atom. The first kappa shape index (κ1) is 13.3. The van der Waals surface area contributed by atoms with E-state index < -0.39 is 5.82 Å². The van der Waals surface area contributed by atoms with Gasteiger partial charge in [-0.1, -0.05) is 17.7 Å². The maximum Gasteiger partial charge on any atom is 0.141 e. The van der Waals surface area contributed by atoms with Crippen molar-refractivity contribution in [2.75, 3.05) is 7.11 Å². The van der Waals surface area contributed by atoms with Crippen LogP contribution in [-0.4, -0.2) is 13.2 Å². The number of rotatable bonds is 2. The van der Waals surface area contributed by atoms with Gasteiger partial charge in [0.25, 0.3) is 0 Å². The summed E-state index contributed by atoms with van der Waals surface area (Å²) in [5.41, 5.74) is 2.67. The Hall–Kier alpha value is -1.74. The molecule has 2 aromatic carbocycles. The normalized spacial score (nSPS) is 16.7. The Morgan fingerprint density at radius 2 is 2.15 bits per heavy atom. The van der Waals surface area contributed by atoms with Crippen LogP contribution in [0.2, 0.25) is 5.02 Å². The van der Waals surface area contributed by atoms with Crippen LogP contribution < -0.4 is 9.47 Å². The Morgan fingerprint density at radius 1 is 1.35 bits per heavy atom. The van der Waals surface area contributed by atoms with Crippen LogP contribution in [0, 0.1) is 12.7 Å². The van der Waals surface area contributed by atoms with Crippen molar-refractivity contribution in [1.29, 1.82) is 0 Å². The fraction of sp³-hybridized carbons (Fsp3) is 0.188. The van der Waals surface area contributed by atoms with Gasteiger partial charge in [-0.2, -0.15) is 0 Å². The largest absolute Gasteiger partial charge is 0.497 e. The summed E-state index contributed by atoms with van der Waals surface area (Å²) in [5, 5.41) is 0.0863. The molecule has 0 saturated heterocycles. The van der Waals surface area contributed by atoms with Gasteiger partial charge in [0.05, 0.1) is 12.1 Å².